The van der Waals surface area contributed by atoms with Crippen molar-refractivity contribution in [2.24, 2.45) is 5.92 Å². The Bertz CT molecular complexity index is 325. The molecule has 1 aliphatic rings. The molecule has 1 N–H and O–H groups in total. The fraction of sp³-hybridized carbons (Fsp3) is 0.769. The molecule has 17 heavy (non-hydrogen) atoms. The minimum atomic E-state index is 0.648. The van der Waals surface area contributed by atoms with Crippen LogP contribution in [0.5, 0.6) is 0 Å². The molecule has 96 valence electrons. The molecule has 1 saturated heterocycles. The number of hydrogen-bond acceptors (Lipinski definition) is 4. The summed E-state index contributed by atoms with van der Waals surface area (Å²) in [7, 11) is 0. The van der Waals surface area contributed by atoms with Crippen molar-refractivity contribution in [1.29, 1.82) is 0 Å². The summed E-state index contributed by atoms with van der Waals surface area (Å²) in [6, 6.07) is 1.34. The zero-order valence-corrected chi connectivity index (χ0v) is 11.8. The maximum atomic E-state index is 4.16. The van der Waals surface area contributed by atoms with Gasteiger partial charge in [-0.25, -0.2) is 0 Å². The predicted octanol–water partition coefficient (Wildman–Crippen LogP) is 2.35. The Hall–Kier alpha value is -0.450. The first-order valence-corrected chi connectivity index (χ1v) is 7.45. The highest BCUT2D eigenvalue weighted by atomic mass is 32.1. The molecule has 3 nitrogen and oxygen atoms in total. The van der Waals surface area contributed by atoms with E-state index in [9.17, 15) is 0 Å². The van der Waals surface area contributed by atoms with E-state index in [1.54, 1.807) is 11.3 Å². The number of nitrogens with one attached hydrogen (secondary N) is 1. The number of piperidine rings is 1. The van der Waals surface area contributed by atoms with Gasteiger partial charge in [-0.2, -0.15) is 0 Å². The van der Waals surface area contributed by atoms with E-state index < -0.39 is 0 Å². The van der Waals surface area contributed by atoms with Gasteiger partial charge in [0.05, 0.1) is 5.51 Å². The van der Waals surface area contributed by atoms with Crippen LogP contribution in [0.1, 0.15) is 32.1 Å². The first kappa shape index (κ1) is 13.0. The van der Waals surface area contributed by atoms with Crippen molar-refractivity contribution in [3.63, 3.8) is 0 Å². The molecule has 1 aliphatic heterocycles. The van der Waals surface area contributed by atoms with Crippen LogP contribution in [0.15, 0.2) is 11.7 Å². The molecule has 1 fully saturated rings. The quantitative estimate of drug-likeness (QED) is 0.893. The van der Waals surface area contributed by atoms with Gasteiger partial charge in [-0.1, -0.05) is 13.8 Å². The Morgan fingerprint density at radius 2 is 2.35 bits per heavy atom. The third-order valence-electron chi connectivity index (χ3n) is 4.01. The molecule has 2 rings (SSSR count). The lowest BCUT2D eigenvalue weighted by molar-refractivity contribution is 0.0799. The van der Waals surface area contributed by atoms with Gasteiger partial charge in [0.25, 0.3) is 0 Å². The van der Waals surface area contributed by atoms with E-state index in [1.165, 1.54) is 17.8 Å². The largest absolute Gasteiger partial charge is 0.314 e. The summed E-state index contributed by atoms with van der Waals surface area (Å²) in [5.41, 5.74) is 1.93. The highest BCUT2D eigenvalue weighted by Crippen LogP contribution is 2.25. The predicted molar refractivity (Wildman–Crippen MR) is 73.2 cm³/mol. The van der Waals surface area contributed by atoms with Gasteiger partial charge in [-0.05, 0) is 25.8 Å². The molecule has 2 heterocycles. The SMILES string of the molecule is CCNC1CCN(Cc2cncs2)C(C)C1C. The smallest absolute Gasteiger partial charge is 0.0794 e. The van der Waals surface area contributed by atoms with Gasteiger partial charge in [0.15, 0.2) is 0 Å². The minimum absolute atomic E-state index is 0.648. The number of rotatable bonds is 4. The third kappa shape index (κ3) is 3.06. The lowest BCUT2D eigenvalue weighted by Gasteiger charge is -2.42. The second-order valence-electron chi connectivity index (χ2n) is 4.99. The number of likely N-dealkylation sites (tertiary alicyclic amines) is 1. The van der Waals surface area contributed by atoms with Gasteiger partial charge in [-0.3, -0.25) is 9.88 Å². The number of hydrogen-bond donors (Lipinski definition) is 1. The third-order valence-corrected chi connectivity index (χ3v) is 4.77. The van der Waals surface area contributed by atoms with Crippen LogP contribution >= 0.6 is 11.3 Å². The molecule has 1 aromatic rings. The Balaban J connectivity index is 1.93. The van der Waals surface area contributed by atoms with Crippen molar-refractivity contribution in [1.82, 2.24) is 15.2 Å². The molecule has 3 unspecified atom stereocenters. The van der Waals surface area contributed by atoms with Crippen molar-refractivity contribution >= 4 is 11.3 Å². The topological polar surface area (TPSA) is 28.2 Å². The van der Waals surface area contributed by atoms with E-state index in [2.05, 4.69) is 36.0 Å². The lowest BCUT2D eigenvalue weighted by atomic mass is 9.87. The van der Waals surface area contributed by atoms with Crippen LogP contribution in [0.4, 0.5) is 0 Å². The minimum Gasteiger partial charge on any atom is -0.314 e. The van der Waals surface area contributed by atoms with Gasteiger partial charge in [-0.15, -0.1) is 11.3 Å². The van der Waals surface area contributed by atoms with Crippen LogP contribution in [0.3, 0.4) is 0 Å². The highest BCUT2D eigenvalue weighted by Gasteiger charge is 2.31. The van der Waals surface area contributed by atoms with Crippen LogP contribution in [-0.2, 0) is 6.54 Å². The van der Waals surface area contributed by atoms with Gasteiger partial charge < -0.3 is 5.32 Å². The monoisotopic (exact) mass is 253 g/mol. The van der Waals surface area contributed by atoms with E-state index >= 15 is 0 Å². The van der Waals surface area contributed by atoms with E-state index in [1.807, 2.05) is 11.7 Å². The zero-order valence-electron chi connectivity index (χ0n) is 11.0. The number of nitrogens with zero attached hydrogens (tertiary/aromatic N) is 2. The van der Waals surface area contributed by atoms with E-state index in [4.69, 9.17) is 0 Å². The second-order valence-corrected chi connectivity index (χ2v) is 5.96. The molecule has 0 aliphatic carbocycles. The van der Waals surface area contributed by atoms with Crippen molar-refractivity contribution < 1.29 is 0 Å². The van der Waals surface area contributed by atoms with Crippen molar-refractivity contribution in [2.45, 2.75) is 45.8 Å². The summed E-state index contributed by atoms with van der Waals surface area (Å²) in [4.78, 5) is 8.13. The molecule has 3 atom stereocenters. The fourth-order valence-corrected chi connectivity index (χ4v) is 3.35. The zero-order chi connectivity index (χ0) is 12.3. The first-order chi connectivity index (χ1) is 8.22. The summed E-state index contributed by atoms with van der Waals surface area (Å²) in [5.74, 6) is 0.719. The Morgan fingerprint density at radius 3 is 3.00 bits per heavy atom. The number of aromatic nitrogens is 1. The summed E-state index contributed by atoms with van der Waals surface area (Å²) in [5, 5.41) is 3.61. The molecule has 0 spiro atoms. The molecular weight excluding hydrogens is 230 g/mol. The van der Waals surface area contributed by atoms with Crippen LogP contribution in [-0.4, -0.2) is 35.1 Å². The first-order valence-electron chi connectivity index (χ1n) is 6.57. The molecule has 0 bridgehead atoms. The van der Waals surface area contributed by atoms with Gasteiger partial charge in [0, 0.05) is 36.2 Å². The molecule has 0 amide bonds. The van der Waals surface area contributed by atoms with Gasteiger partial charge in [0.2, 0.25) is 0 Å². The Kier molecular flexibility index (Phi) is 4.54. The standard InChI is InChI=1S/C13H23N3S/c1-4-15-13-5-6-16(11(3)10(13)2)8-12-7-14-9-17-12/h7,9-11,13,15H,4-6,8H2,1-3H3. The van der Waals surface area contributed by atoms with Crippen LogP contribution in [0.2, 0.25) is 0 Å². The molecular formula is C13H23N3S. The molecule has 1 aromatic heterocycles. The summed E-state index contributed by atoms with van der Waals surface area (Å²) < 4.78 is 0. The normalized spacial score (nSPS) is 30.6. The van der Waals surface area contributed by atoms with E-state index in [0.717, 1.165) is 19.0 Å². The van der Waals surface area contributed by atoms with Crippen molar-refractivity contribution in [2.75, 3.05) is 13.1 Å². The van der Waals surface area contributed by atoms with Crippen molar-refractivity contribution in [3.8, 4) is 0 Å². The van der Waals surface area contributed by atoms with E-state index in [0.29, 0.717) is 12.1 Å². The second kappa shape index (κ2) is 5.94. The summed E-state index contributed by atoms with van der Waals surface area (Å²) in [6.45, 7) is 10.3. The van der Waals surface area contributed by atoms with E-state index in [-0.39, 0.29) is 0 Å². The Labute approximate surface area is 108 Å². The molecule has 0 saturated carbocycles. The summed E-state index contributed by atoms with van der Waals surface area (Å²) >= 11 is 1.76. The van der Waals surface area contributed by atoms with Crippen LogP contribution < -0.4 is 5.32 Å². The maximum Gasteiger partial charge on any atom is 0.0794 e. The highest BCUT2D eigenvalue weighted by molar-refractivity contribution is 7.09. The van der Waals surface area contributed by atoms with Crippen LogP contribution in [0.25, 0.3) is 0 Å². The van der Waals surface area contributed by atoms with Crippen molar-refractivity contribution in [3.05, 3.63) is 16.6 Å². The van der Waals surface area contributed by atoms with Gasteiger partial charge >= 0.3 is 0 Å². The average molecular weight is 253 g/mol. The van der Waals surface area contributed by atoms with Crippen LogP contribution in [0, 0.1) is 5.92 Å². The molecule has 0 radical (unpaired) electrons. The molecule has 4 heteroatoms. The lowest BCUT2D eigenvalue weighted by Crippen LogP contribution is -2.52. The number of thiazole rings is 1. The molecule has 0 aromatic carbocycles. The van der Waals surface area contributed by atoms with Gasteiger partial charge in [0.1, 0.15) is 0 Å². The fourth-order valence-electron chi connectivity index (χ4n) is 2.73. The maximum absolute atomic E-state index is 4.16. The average Bonchev–Trinajstić information content (AvgIpc) is 2.82. The Morgan fingerprint density at radius 1 is 1.53 bits per heavy atom. The summed E-state index contributed by atoms with van der Waals surface area (Å²) in [6.07, 6.45) is 3.26.